The molecule has 0 saturated carbocycles. The van der Waals surface area contributed by atoms with Crippen molar-refractivity contribution in [1.82, 2.24) is 4.57 Å². The molecule has 8 nitrogen and oxygen atoms in total. The maximum atomic E-state index is 10.7. The predicted octanol–water partition coefficient (Wildman–Crippen LogP) is 2.07. The van der Waals surface area contributed by atoms with E-state index in [1.165, 1.54) is 0 Å². The molecule has 2 fully saturated rings. The average Bonchev–Trinajstić information content (AvgIpc) is 3.24. The summed E-state index contributed by atoms with van der Waals surface area (Å²) in [5, 5.41) is 41.9. The highest BCUT2D eigenvalue weighted by atomic mass is 16.6. The Morgan fingerprint density at radius 3 is 2.43 bits per heavy atom. The number of nitrogens with zero attached hydrogens (tertiary/aromatic N) is 1. The molecule has 3 aromatic rings. The fourth-order valence-electron chi connectivity index (χ4n) is 5.14. The zero-order valence-corrected chi connectivity index (χ0v) is 19.8. The van der Waals surface area contributed by atoms with E-state index in [4.69, 9.17) is 14.2 Å². The molecule has 3 heterocycles. The Labute approximate surface area is 204 Å². The smallest absolute Gasteiger partial charge is 0.163 e. The number of hydrogen-bond donors (Lipinski definition) is 4. The Hall–Kier alpha value is -2.46. The van der Waals surface area contributed by atoms with Crippen molar-refractivity contribution in [2.24, 2.45) is 0 Å². The van der Waals surface area contributed by atoms with E-state index in [1.54, 1.807) is 4.57 Å². The van der Waals surface area contributed by atoms with E-state index in [2.05, 4.69) is 12.1 Å². The van der Waals surface area contributed by atoms with Gasteiger partial charge in [0.2, 0.25) is 0 Å². The molecule has 5 rings (SSSR count). The summed E-state index contributed by atoms with van der Waals surface area (Å²) < 4.78 is 19.1. The van der Waals surface area contributed by atoms with E-state index >= 15 is 0 Å². The maximum Gasteiger partial charge on any atom is 0.163 e. The van der Waals surface area contributed by atoms with Crippen molar-refractivity contribution < 1.29 is 34.6 Å². The van der Waals surface area contributed by atoms with Gasteiger partial charge in [0.05, 0.1) is 25.3 Å². The van der Waals surface area contributed by atoms with Crippen LogP contribution >= 0.6 is 0 Å². The Morgan fingerprint density at radius 1 is 0.971 bits per heavy atom. The number of aliphatic hydroxyl groups is 4. The minimum Gasteiger partial charge on any atom is -0.490 e. The molecule has 2 saturated heterocycles. The van der Waals surface area contributed by atoms with Crippen molar-refractivity contribution in [1.29, 1.82) is 0 Å². The second-order valence-corrected chi connectivity index (χ2v) is 9.50. The quantitative estimate of drug-likeness (QED) is 0.425. The molecule has 0 radical (unpaired) electrons. The topological polar surface area (TPSA) is 114 Å². The average molecular weight is 484 g/mol. The van der Waals surface area contributed by atoms with Crippen LogP contribution in [0, 0.1) is 6.92 Å². The van der Waals surface area contributed by atoms with E-state index < -0.39 is 37.3 Å². The van der Waals surface area contributed by atoms with Crippen molar-refractivity contribution in [3.63, 3.8) is 0 Å². The maximum absolute atomic E-state index is 10.7. The van der Waals surface area contributed by atoms with Gasteiger partial charge in [-0.3, -0.25) is 0 Å². The lowest BCUT2D eigenvalue weighted by Gasteiger charge is -2.40. The molecule has 35 heavy (non-hydrogen) atoms. The fraction of sp³-hybridized carbons (Fsp3) is 0.481. The van der Waals surface area contributed by atoms with Crippen LogP contribution in [0.1, 0.15) is 35.8 Å². The van der Waals surface area contributed by atoms with Gasteiger partial charge in [-0.1, -0.05) is 24.3 Å². The molecule has 0 bridgehead atoms. The molecule has 4 N–H and O–H groups in total. The number of aliphatic hydroxyl groups excluding tert-OH is 4. The Bertz CT molecular complexity index is 1140. The van der Waals surface area contributed by atoms with Gasteiger partial charge in [0.25, 0.3) is 0 Å². The van der Waals surface area contributed by atoms with E-state index in [-0.39, 0.29) is 6.10 Å². The summed E-state index contributed by atoms with van der Waals surface area (Å²) in [5.74, 6) is 0.848. The van der Waals surface area contributed by atoms with Crippen molar-refractivity contribution >= 4 is 10.9 Å². The highest BCUT2D eigenvalue weighted by Crippen LogP contribution is 2.35. The molecule has 2 aromatic carbocycles. The molecular weight excluding hydrogens is 450 g/mol. The van der Waals surface area contributed by atoms with Crippen LogP contribution in [0.2, 0.25) is 0 Å². The highest BCUT2D eigenvalue weighted by Gasteiger charge is 2.44. The molecule has 188 valence electrons. The molecular formula is C27H33NO7. The number of benzene rings is 2. The van der Waals surface area contributed by atoms with Crippen LogP contribution in [0.3, 0.4) is 0 Å². The monoisotopic (exact) mass is 483 g/mol. The summed E-state index contributed by atoms with van der Waals surface area (Å²) >= 11 is 0. The van der Waals surface area contributed by atoms with Gasteiger partial charge in [-0.2, -0.15) is 0 Å². The Morgan fingerprint density at radius 2 is 1.71 bits per heavy atom. The van der Waals surface area contributed by atoms with Gasteiger partial charge < -0.3 is 39.2 Å². The van der Waals surface area contributed by atoms with Gasteiger partial charge in [-0.15, -0.1) is 0 Å². The van der Waals surface area contributed by atoms with Gasteiger partial charge in [-0.25, -0.2) is 0 Å². The first-order valence-electron chi connectivity index (χ1n) is 12.2. The molecule has 2 aliphatic rings. The van der Waals surface area contributed by atoms with Crippen LogP contribution < -0.4 is 4.74 Å². The summed E-state index contributed by atoms with van der Waals surface area (Å²) in [6.07, 6.45) is -1.51. The van der Waals surface area contributed by atoms with Crippen molar-refractivity contribution in [3.8, 4) is 5.75 Å². The highest BCUT2D eigenvalue weighted by molar-refractivity contribution is 5.87. The van der Waals surface area contributed by atoms with Crippen molar-refractivity contribution in [3.05, 3.63) is 65.4 Å². The predicted molar refractivity (Wildman–Crippen MR) is 129 cm³/mol. The van der Waals surface area contributed by atoms with Crippen LogP contribution in [0.15, 0.2) is 48.7 Å². The van der Waals surface area contributed by atoms with Crippen molar-refractivity contribution in [2.75, 3.05) is 19.8 Å². The molecule has 5 atom stereocenters. The third-order valence-corrected chi connectivity index (χ3v) is 7.08. The van der Waals surface area contributed by atoms with E-state index in [0.717, 1.165) is 59.4 Å². The zero-order chi connectivity index (χ0) is 24.5. The number of fused-ring (bicyclic) bond motifs is 1. The zero-order valence-electron chi connectivity index (χ0n) is 19.8. The van der Waals surface area contributed by atoms with E-state index in [0.29, 0.717) is 6.42 Å². The van der Waals surface area contributed by atoms with Gasteiger partial charge in [0, 0.05) is 24.4 Å². The Kier molecular flexibility index (Phi) is 7.11. The molecule has 0 spiro atoms. The van der Waals surface area contributed by atoms with Crippen LogP contribution in [0.5, 0.6) is 5.75 Å². The number of ether oxygens (including phenoxy) is 3. The van der Waals surface area contributed by atoms with Gasteiger partial charge >= 0.3 is 0 Å². The third kappa shape index (κ3) is 4.82. The second kappa shape index (κ2) is 10.3. The summed E-state index contributed by atoms with van der Waals surface area (Å²) in [4.78, 5) is 0. The summed E-state index contributed by atoms with van der Waals surface area (Å²) in [6, 6.07) is 14.0. The number of aryl methyl sites for hydroxylation is 1. The van der Waals surface area contributed by atoms with Gasteiger partial charge in [-0.05, 0) is 48.2 Å². The van der Waals surface area contributed by atoms with Crippen LogP contribution in [-0.2, 0) is 15.9 Å². The molecule has 8 heteroatoms. The lowest BCUT2D eigenvalue weighted by atomic mass is 9.98. The molecule has 0 unspecified atom stereocenters. The summed E-state index contributed by atoms with van der Waals surface area (Å²) in [6.45, 7) is 3.05. The first-order valence-corrected chi connectivity index (χ1v) is 12.2. The lowest BCUT2D eigenvalue weighted by Crippen LogP contribution is -2.56. The van der Waals surface area contributed by atoms with Gasteiger partial charge in [0.1, 0.15) is 36.3 Å². The normalized spacial score (nSPS) is 27.9. The molecule has 1 aromatic heterocycles. The molecule has 2 aliphatic heterocycles. The minimum atomic E-state index is -1.43. The second-order valence-electron chi connectivity index (χ2n) is 9.50. The Balaban J connectivity index is 1.42. The standard InChI is InChI=1S/C27H33NO7/c1-16-3-2-4-21-23(16)18(14-28(21)27-26(32)25(31)24(30)22(15-29)35-27)13-17-5-7-19(8-6-17)34-20-9-11-33-12-10-20/h2-8,14,20,22,24-27,29-32H,9-13,15H2,1H3/t22-,24-,25+,26-,27-/m1/s1. The van der Waals surface area contributed by atoms with Crippen LogP contribution in [-0.4, -0.2) is 75.3 Å². The SMILES string of the molecule is Cc1cccc2c1c(Cc1ccc(OC3CCOCC3)cc1)cn2[C@@H]1O[C@H](CO)[C@@H](O)[C@H](O)[C@H]1O. The number of rotatable bonds is 6. The summed E-state index contributed by atoms with van der Waals surface area (Å²) in [5.41, 5.74) is 4.10. The van der Waals surface area contributed by atoms with Crippen LogP contribution in [0.4, 0.5) is 0 Å². The lowest BCUT2D eigenvalue weighted by molar-refractivity contribution is -0.250. The number of aromatic nitrogens is 1. The van der Waals surface area contributed by atoms with E-state index in [9.17, 15) is 20.4 Å². The number of hydrogen-bond acceptors (Lipinski definition) is 7. The largest absolute Gasteiger partial charge is 0.490 e. The van der Waals surface area contributed by atoms with Crippen LogP contribution in [0.25, 0.3) is 10.9 Å². The first kappa shape index (κ1) is 24.2. The third-order valence-electron chi connectivity index (χ3n) is 7.08. The summed E-state index contributed by atoms with van der Waals surface area (Å²) in [7, 11) is 0. The minimum absolute atomic E-state index is 0.189. The molecule has 0 aliphatic carbocycles. The first-order chi connectivity index (χ1) is 17.0. The van der Waals surface area contributed by atoms with E-state index in [1.807, 2.05) is 43.5 Å². The fourth-order valence-corrected chi connectivity index (χ4v) is 5.14. The van der Waals surface area contributed by atoms with Gasteiger partial charge in [0.15, 0.2) is 6.23 Å². The molecule has 0 amide bonds. The van der Waals surface area contributed by atoms with Crippen molar-refractivity contribution in [2.45, 2.75) is 62.9 Å².